The summed E-state index contributed by atoms with van der Waals surface area (Å²) in [5.74, 6) is 1.51. The number of aryl methyl sites for hydroxylation is 1. The first-order valence-electron chi connectivity index (χ1n) is 17.4. The number of piperidine rings is 1. The van der Waals surface area contributed by atoms with Crippen LogP contribution in [0.5, 0.6) is 5.75 Å². The first kappa shape index (κ1) is 31.5. The van der Waals surface area contributed by atoms with E-state index in [-0.39, 0.29) is 0 Å². The molecule has 0 unspecified atom stereocenters. The van der Waals surface area contributed by atoms with Gasteiger partial charge in [-0.05, 0) is 67.0 Å². The molecule has 4 heteroatoms. The molecule has 2 aliphatic heterocycles. The topological polar surface area (TPSA) is 19.0 Å². The van der Waals surface area contributed by atoms with E-state index in [1.54, 1.807) is 0 Å². The monoisotopic (exact) mass is 601 g/mol. The van der Waals surface area contributed by atoms with Crippen molar-refractivity contribution < 1.29 is 4.74 Å². The zero-order valence-electron chi connectivity index (χ0n) is 27.0. The summed E-state index contributed by atoms with van der Waals surface area (Å²) in [4.78, 5) is 7.89. The van der Waals surface area contributed by atoms with Crippen LogP contribution < -0.4 is 4.74 Å². The third-order valence-corrected chi connectivity index (χ3v) is 9.78. The van der Waals surface area contributed by atoms with Crippen LogP contribution in [-0.2, 0) is 13.0 Å². The second-order valence-corrected chi connectivity index (χ2v) is 13.0. The number of para-hydroxylation sites is 1. The molecule has 4 aromatic carbocycles. The largest absolute Gasteiger partial charge is 0.490 e. The normalized spacial score (nSPS) is 17.1. The number of benzene rings is 4. The van der Waals surface area contributed by atoms with Crippen molar-refractivity contribution in [3.05, 3.63) is 138 Å². The third-order valence-electron chi connectivity index (χ3n) is 9.78. The van der Waals surface area contributed by atoms with Crippen molar-refractivity contribution >= 4 is 0 Å². The number of piperazine rings is 1. The van der Waals surface area contributed by atoms with Gasteiger partial charge in [-0.25, -0.2) is 0 Å². The fraction of sp³-hybridized carbons (Fsp3) is 0.415. The van der Waals surface area contributed by atoms with E-state index in [1.807, 2.05) is 0 Å². The van der Waals surface area contributed by atoms with Crippen LogP contribution in [0.1, 0.15) is 60.3 Å². The van der Waals surface area contributed by atoms with Crippen molar-refractivity contribution in [2.75, 3.05) is 52.4 Å². The highest BCUT2D eigenvalue weighted by Crippen LogP contribution is 2.29. The van der Waals surface area contributed by atoms with E-state index in [9.17, 15) is 0 Å². The average Bonchev–Trinajstić information content (AvgIpc) is 3.10. The Hall–Kier alpha value is -3.44. The van der Waals surface area contributed by atoms with Crippen molar-refractivity contribution in [3.8, 4) is 5.75 Å². The Morgan fingerprint density at radius 2 is 1.13 bits per heavy atom. The Bertz CT molecular complexity index is 1340. The fourth-order valence-corrected chi connectivity index (χ4v) is 7.09. The summed E-state index contributed by atoms with van der Waals surface area (Å²) in [6.07, 6.45) is 7.37. The molecule has 0 aromatic heterocycles. The lowest BCUT2D eigenvalue weighted by Crippen LogP contribution is -2.46. The molecular weight excluding hydrogens is 550 g/mol. The molecule has 4 nitrogen and oxygen atoms in total. The van der Waals surface area contributed by atoms with Crippen LogP contribution in [0.3, 0.4) is 0 Å². The summed E-state index contributed by atoms with van der Waals surface area (Å²) < 4.78 is 6.67. The number of rotatable bonds is 14. The summed E-state index contributed by atoms with van der Waals surface area (Å²) in [7, 11) is 0. The number of unbranched alkanes of at least 4 members (excludes halogenated alkanes) is 2. The lowest BCUT2D eigenvalue weighted by Gasteiger charge is -2.35. The van der Waals surface area contributed by atoms with Gasteiger partial charge in [0.25, 0.3) is 0 Å². The maximum atomic E-state index is 6.67. The third kappa shape index (κ3) is 9.53. The molecule has 6 rings (SSSR count). The molecule has 0 atom stereocenters. The molecular formula is C41H51N3O. The van der Waals surface area contributed by atoms with Gasteiger partial charge in [0, 0.05) is 58.3 Å². The zero-order chi connectivity index (χ0) is 30.5. The van der Waals surface area contributed by atoms with Gasteiger partial charge in [0.2, 0.25) is 0 Å². The molecule has 2 fully saturated rings. The molecule has 0 bridgehead atoms. The van der Waals surface area contributed by atoms with E-state index >= 15 is 0 Å². The predicted molar refractivity (Wildman–Crippen MR) is 187 cm³/mol. The smallest absolute Gasteiger partial charge is 0.122 e. The second kappa shape index (κ2) is 16.7. The first-order valence-corrected chi connectivity index (χ1v) is 17.4. The van der Waals surface area contributed by atoms with Crippen molar-refractivity contribution in [2.24, 2.45) is 0 Å². The molecule has 0 amide bonds. The SMILES string of the molecule is c1ccc(CN2CCN(CCCCCc3ccccc3OC3CCN(CC(c4ccccc4)c4ccccc4)CC3)CC2)cc1. The summed E-state index contributed by atoms with van der Waals surface area (Å²) in [6, 6.07) is 41.7. The van der Waals surface area contributed by atoms with Gasteiger partial charge in [-0.15, -0.1) is 0 Å². The summed E-state index contributed by atoms with van der Waals surface area (Å²) in [5, 5.41) is 0. The van der Waals surface area contributed by atoms with Gasteiger partial charge >= 0.3 is 0 Å². The average molecular weight is 602 g/mol. The summed E-state index contributed by atoms with van der Waals surface area (Å²) in [5.41, 5.74) is 5.61. The number of hydrogen-bond donors (Lipinski definition) is 0. The number of hydrogen-bond acceptors (Lipinski definition) is 4. The van der Waals surface area contributed by atoms with Gasteiger partial charge in [0.05, 0.1) is 0 Å². The quantitative estimate of drug-likeness (QED) is 0.137. The number of ether oxygens (including phenoxy) is 1. The Morgan fingerprint density at radius 1 is 0.556 bits per heavy atom. The Labute approximate surface area is 271 Å². The molecule has 0 spiro atoms. The highest BCUT2D eigenvalue weighted by Gasteiger charge is 2.25. The van der Waals surface area contributed by atoms with E-state index in [0.29, 0.717) is 12.0 Å². The van der Waals surface area contributed by atoms with E-state index in [2.05, 4.69) is 130 Å². The molecule has 2 aliphatic rings. The number of likely N-dealkylation sites (tertiary alicyclic amines) is 1. The molecule has 0 N–H and O–H groups in total. The molecule has 236 valence electrons. The molecule has 45 heavy (non-hydrogen) atoms. The molecule has 0 saturated carbocycles. The van der Waals surface area contributed by atoms with Gasteiger partial charge < -0.3 is 14.5 Å². The van der Waals surface area contributed by atoms with Gasteiger partial charge in [-0.1, -0.05) is 116 Å². The predicted octanol–water partition coefficient (Wildman–Crippen LogP) is 7.89. The number of nitrogens with zero attached hydrogens (tertiary/aromatic N) is 3. The van der Waals surface area contributed by atoms with E-state index < -0.39 is 0 Å². The zero-order valence-corrected chi connectivity index (χ0v) is 27.0. The molecule has 0 aliphatic carbocycles. The Morgan fingerprint density at radius 3 is 1.80 bits per heavy atom. The molecule has 4 aromatic rings. The molecule has 2 saturated heterocycles. The van der Waals surface area contributed by atoms with Crippen LogP contribution in [0.4, 0.5) is 0 Å². The highest BCUT2D eigenvalue weighted by molar-refractivity contribution is 5.34. The minimum absolute atomic E-state index is 0.301. The lowest BCUT2D eigenvalue weighted by molar-refractivity contribution is 0.0980. The van der Waals surface area contributed by atoms with Gasteiger partial charge in [0.1, 0.15) is 11.9 Å². The van der Waals surface area contributed by atoms with Crippen LogP contribution >= 0.6 is 0 Å². The van der Waals surface area contributed by atoms with Crippen molar-refractivity contribution in [1.82, 2.24) is 14.7 Å². The van der Waals surface area contributed by atoms with Crippen molar-refractivity contribution in [1.29, 1.82) is 0 Å². The standard InChI is InChI=1S/C41H51N3O/c1-5-15-35(16-6-1)33-44-31-29-42(30-32-44)26-14-4-11-21-38-22-12-13-23-41(38)45-39-24-27-43(28-25-39)34-40(36-17-7-2-8-18-36)37-19-9-3-10-20-37/h1-3,5-10,12-13,15-20,22-23,39-40H,4,11,14,21,24-34H2. The Balaban J connectivity index is 0.905. The minimum Gasteiger partial charge on any atom is -0.490 e. The van der Waals surface area contributed by atoms with Gasteiger partial charge in [-0.2, -0.15) is 0 Å². The minimum atomic E-state index is 0.301. The summed E-state index contributed by atoms with van der Waals surface area (Å²) in [6.45, 7) is 10.3. The highest BCUT2D eigenvalue weighted by atomic mass is 16.5. The van der Waals surface area contributed by atoms with Crippen molar-refractivity contribution in [2.45, 2.75) is 57.1 Å². The Kier molecular flexibility index (Phi) is 11.7. The van der Waals surface area contributed by atoms with Crippen LogP contribution in [0.15, 0.2) is 115 Å². The van der Waals surface area contributed by atoms with Gasteiger partial charge in [0.15, 0.2) is 0 Å². The molecule has 2 heterocycles. The molecule has 0 radical (unpaired) electrons. The fourth-order valence-electron chi connectivity index (χ4n) is 7.09. The first-order chi connectivity index (χ1) is 22.3. The summed E-state index contributed by atoms with van der Waals surface area (Å²) >= 11 is 0. The van der Waals surface area contributed by atoms with Gasteiger partial charge in [-0.3, -0.25) is 4.90 Å². The van der Waals surface area contributed by atoms with Crippen LogP contribution in [0, 0.1) is 0 Å². The maximum Gasteiger partial charge on any atom is 0.122 e. The van der Waals surface area contributed by atoms with Crippen LogP contribution in [0.2, 0.25) is 0 Å². The second-order valence-electron chi connectivity index (χ2n) is 13.0. The van der Waals surface area contributed by atoms with Crippen LogP contribution in [0.25, 0.3) is 0 Å². The van der Waals surface area contributed by atoms with Crippen LogP contribution in [-0.4, -0.2) is 73.2 Å². The van der Waals surface area contributed by atoms with Crippen molar-refractivity contribution in [3.63, 3.8) is 0 Å². The van der Waals surface area contributed by atoms with E-state index in [1.165, 1.54) is 74.2 Å². The maximum absolute atomic E-state index is 6.67. The van der Waals surface area contributed by atoms with E-state index in [4.69, 9.17) is 4.74 Å². The lowest BCUT2D eigenvalue weighted by atomic mass is 9.90. The van der Waals surface area contributed by atoms with E-state index in [0.717, 1.165) is 51.2 Å².